The van der Waals surface area contributed by atoms with Crippen LogP contribution < -0.4 is 24.0 Å². The van der Waals surface area contributed by atoms with Crippen molar-refractivity contribution in [2.24, 2.45) is 0 Å². The van der Waals surface area contributed by atoms with E-state index in [1.165, 1.54) is 29.9 Å². The zero-order chi connectivity index (χ0) is 41.5. The molecule has 0 radical (unpaired) electrons. The second kappa shape index (κ2) is 16.3. The summed E-state index contributed by atoms with van der Waals surface area (Å²) in [4.78, 5) is 33.5. The average molecular weight is 832 g/mol. The Morgan fingerprint density at radius 2 is 1.51 bits per heavy atom. The van der Waals surface area contributed by atoms with Gasteiger partial charge >= 0.3 is 18.3 Å². The largest absolute Gasteiger partial charge is 0.497 e. The number of hydrogen-bond acceptors (Lipinski definition) is 10. The van der Waals surface area contributed by atoms with Gasteiger partial charge in [0.15, 0.2) is 0 Å². The first-order valence-corrected chi connectivity index (χ1v) is 19.9. The number of benzene rings is 3. The predicted octanol–water partition coefficient (Wildman–Crippen LogP) is 8.39. The Labute approximate surface area is 345 Å². The molecule has 2 aliphatic heterocycles. The van der Waals surface area contributed by atoms with Crippen LogP contribution in [0.1, 0.15) is 42.4 Å². The quantitative estimate of drug-likeness (QED) is 0.131. The first-order valence-electron chi connectivity index (χ1n) is 19.5. The summed E-state index contributed by atoms with van der Waals surface area (Å²) in [5.74, 6) is 2.12. The standard InChI is InChI=1S/C43H45ClF3N7O5/c1-51-29(14-15-42(51)16-17-42)26-59-40-48-36-23-32(35(44)22-33(36)39(50-40)52-18-20-53(21-19-52)41(55)56)38-34(43(45,46)47)12-13-37(49-38)54(24-27-4-8-30(57-2)9-5-27)25-28-6-10-31(58-3)11-7-28/h4-13,22-23,29H,14-21,24-26H2,1-3H3,(H,55,56). The number of carbonyl (C=O) groups is 1. The number of fused-ring (bicyclic) bond motifs is 1. The lowest BCUT2D eigenvalue weighted by molar-refractivity contribution is -0.137. The molecule has 1 spiro atoms. The molecular formula is C43H45ClF3N7O5. The van der Waals surface area contributed by atoms with Gasteiger partial charge in [-0.25, -0.2) is 9.78 Å². The van der Waals surface area contributed by atoms with E-state index in [1.807, 2.05) is 58.3 Å². The molecule has 4 heterocycles. The minimum Gasteiger partial charge on any atom is -0.497 e. The number of aromatic nitrogens is 3. The summed E-state index contributed by atoms with van der Waals surface area (Å²) in [5, 5.41) is 10.1. The van der Waals surface area contributed by atoms with Crippen LogP contribution >= 0.6 is 11.6 Å². The van der Waals surface area contributed by atoms with E-state index in [4.69, 9.17) is 40.8 Å². The molecule has 5 aromatic rings. The zero-order valence-electron chi connectivity index (χ0n) is 33.0. The van der Waals surface area contributed by atoms with Crippen LogP contribution in [0.4, 0.5) is 29.6 Å². The number of ether oxygens (including phenoxy) is 3. The van der Waals surface area contributed by atoms with Gasteiger partial charge in [-0.2, -0.15) is 23.1 Å². The number of pyridine rings is 1. The normalized spacial score (nSPS) is 17.7. The maximum absolute atomic E-state index is 14.9. The summed E-state index contributed by atoms with van der Waals surface area (Å²) in [6, 6.07) is 20.7. The molecule has 12 nitrogen and oxygen atoms in total. The van der Waals surface area contributed by atoms with Crippen molar-refractivity contribution in [1.82, 2.24) is 24.8 Å². The third kappa shape index (κ3) is 8.49. The second-order valence-electron chi connectivity index (χ2n) is 15.4. The lowest BCUT2D eigenvalue weighted by Gasteiger charge is -2.34. The Balaban J connectivity index is 1.20. The van der Waals surface area contributed by atoms with Gasteiger partial charge in [-0.15, -0.1) is 0 Å². The van der Waals surface area contributed by atoms with E-state index in [-0.39, 0.29) is 47.0 Å². The van der Waals surface area contributed by atoms with Crippen LogP contribution in [0, 0.1) is 0 Å². The first-order chi connectivity index (χ1) is 28.3. The Kier molecular flexibility index (Phi) is 11.1. The highest BCUT2D eigenvalue weighted by Crippen LogP contribution is 2.51. The molecule has 2 aromatic heterocycles. The van der Waals surface area contributed by atoms with Crippen molar-refractivity contribution >= 4 is 40.2 Å². The SMILES string of the molecule is COc1ccc(CN(Cc2ccc(OC)cc2)c2ccc(C(F)(F)F)c(-c3cc4nc(OCC5CCC6(CC6)N5C)nc(N5CCN(C(=O)O)CC5)c4cc3Cl)n2)cc1. The van der Waals surface area contributed by atoms with Gasteiger partial charge in [0.25, 0.3) is 0 Å². The minimum absolute atomic E-state index is 0.0227. The number of piperazine rings is 1. The summed E-state index contributed by atoms with van der Waals surface area (Å²) in [6.45, 7) is 2.15. The second-order valence-corrected chi connectivity index (χ2v) is 15.8. The van der Waals surface area contributed by atoms with Gasteiger partial charge in [0.2, 0.25) is 0 Å². The van der Waals surface area contributed by atoms with Crippen molar-refractivity contribution in [3.8, 4) is 28.8 Å². The van der Waals surface area contributed by atoms with E-state index in [9.17, 15) is 23.1 Å². The number of anilines is 2. The van der Waals surface area contributed by atoms with Crippen LogP contribution in [-0.2, 0) is 19.3 Å². The number of likely N-dealkylation sites (tertiary alicyclic amines) is 1. The Hall–Kier alpha value is -5.54. The highest BCUT2D eigenvalue weighted by atomic mass is 35.5. The summed E-state index contributed by atoms with van der Waals surface area (Å²) in [5.41, 5.74) is 1.08. The predicted molar refractivity (Wildman–Crippen MR) is 219 cm³/mol. The van der Waals surface area contributed by atoms with Crippen LogP contribution in [0.5, 0.6) is 17.5 Å². The maximum Gasteiger partial charge on any atom is 0.418 e. The molecule has 0 bridgehead atoms. The number of methoxy groups -OCH3 is 2. The third-order valence-corrected chi connectivity index (χ3v) is 12.2. The van der Waals surface area contributed by atoms with Gasteiger partial charge in [-0.3, -0.25) is 4.90 Å². The maximum atomic E-state index is 14.9. The van der Waals surface area contributed by atoms with Crippen LogP contribution in [0.15, 0.2) is 72.8 Å². The monoisotopic (exact) mass is 831 g/mol. The van der Waals surface area contributed by atoms with Crippen molar-refractivity contribution in [2.75, 3.05) is 63.9 Å². The molecule has 59 heavy (non-hydrogen) atoms. The van der Waals surface area contributed by atoms with E-state index in [1.54, 1.807) is 20.3 Å². The molecule has 1 saturated carbocycles. The summed E-state index contributed by atoms with van der Waals surface area (Å²) < 4.78 is 61.7. The number of nitrogens with zero attached hydrogens (tertiary/aromatic N) is 7. The number of amides is 1. The molecule has 3 fully saturated rings. The van der Waals surface area contributed by atoms with Crippen molar-refractivity contribution in [1.29, 1.82) is 0 Å². The molecule has 16 heteroatoms. The van der Waals surface area contributed by atoms with Gasteiger partial charge < -0.3 is 34.0 Å². The van der Waals surface area contributed by atoms with Gasteiger partial charge in [-0.05, 0) is 92.4 Å². The molecule has 1 N–H and O–H groups in total. The fraction of sp³-hybridized carbons (Fsp3) is 0.395. The number of alkyl halides is 3. The fourth-order valence-electron chi connectivity index (χ4n) is 8.19. The molecule has 3 aromatic carbocycles. The molecule has 1 atom stereocenters. The molecule has 3 aliphatic rings. The summed E-state index contributed by atoms with van der Waals surface area (Å²) in [6.07, 6.45) is -1.37. The smallest absolute Gasteiger partial charge is 0.418 e. The highest BCUT2D eigenvalue weighted by molar-refractivity contribution is 6.34. The molecule has 1 aliphatic carbocycles. The average Bonchev–Trinajstić information content (AvgIpc) is 3.97. The fourth-order valence-corrected chi connectivity index (χ4v) is 8.45. The van der Waals surface area contributed by atoms with E-state index < -0.39 is 17.8 Å². The number of rotatable bonds is 12. The first kappa shape index (κ1) is 40.2. The van der Waals surface area contributed by atoms with Crippen LogP contribution in [0.2, 0.25) is 5.02 Å². The lowest BCUT2D eigenvalue weighted by Crippen LogP contribution is -2.48. The van der Waals surface area contributed by atoms with Crippen molar-refractivity contribution in [2.45, 2.75) is 56.5 Å². The molecule has 2 saturated heterocycles. The van der Waals surface area contributed by atoms with Crippen molar-refractivity contribution in [3.63, 3.8) is 0 Å². The molecular weight excluding hydrogens is 787 g/mol. The number of halogens is 4. The summed E-state index contributed by atoms with van der Waals surface area (Å²) >= 11 is 6.98. The number of carboxylic acid groups (broad SMARTS) is 1. The van der Waals surface area contributed by atoms with E-state index in [2.05, 4.69) is 11.9 Å². The lowest BCUT2D eigenvalue weighted by atomic mass is 10.0. The molecule has 310 valence electrons. The van der Waals surface area contributed by atoms with Gasteiger partial charge in [0.05, 0.1) is 36.0 Å². The third-order valence-electron chi connectivity index (χ3n) is 11.9. The van der Waals surface area contributed by atoms with Crippen LogP contribution in [0.25, 0.3) is 22.2 Å². The van der Waals surface area contributed by atoms with E-state index in [0.29, 0.717) is 66.8 Å². The van der Waals surface area contributed by atoms with Crippen LogP contribution in [0.3, 0.4) is 0 Å². The highest BCUT2D eigenvalue weighted by Gasteiger charge is 2.52. The zero-order valence-corrected chi connectivity index (χ0v) is 33.8. The van der Waals surface area contributed by atoms with Crippen molar-refractivity contribution < 1.29 is 37.3 Å². The van der Waals surface area contributed by atoms with Gasteiger partial charge in [-0.1, -0.05) is 35.9 Å². The molecule has 1 unspecified atom stereocenters. The topological polar surface area (TPSA) is 117 Å². The Bertz CT molecular complexity index is 2270. The minimum atomic E-state index is -4.77. The number of hydrogen-bond donors (Lipinski definition) is 1. The van der Waals surface area contributed by atoms with Crippen molar-refractivity contribution in [3.05, 3.63) is 94.5 Å². The van der Waals surface area contributed by atoms with E-state index >= 15 is 0 Å². The summed E-state index contributed by atoms with van der Waals surface area (Å²) in [7, 11) is 5.28. The Morgan fingerprint density at radius 1 is 0.881 bits per heavy atom. The molecule has 8 rings (SSSR count). The van der Waals surface area contributed by atoms with Crippen LogP contribution in [-0.4, -0.2) is 102 Å². The van der Waals surface area contributed by atoms with Gasteiger partial charge in [0, 0.05) is 61.8 Å². The Morgan fingerprint density at radius 3 is 2.05 bits per heavy atom. The van der Waals surface area contributed by atoms with E-state index in [0.717, 1.165) is 30.0 Å². The number of likely N-dealkylation sites (N-methyl/N-ethyl adjacent to an activating group) is 1. The van der Waals surface area contributed by atoms with Gasteiger partial charge in [0.1, 0.15) is 29.7 Å². The molecule has 1 amide bonds.